The maximum absolute atomic E-state index is 12.9. The van der Waals surface area contributed by atoms with Gasteiger partial charge in [0.15, 0.2) is 0 Å². The average Bonchev–Trinajstić information content (AvgIpc) is 2.85. The number of benzene rings is 1. The van der Waals surface area contributed by atoms with Crippen LogP contribution in [0.1, 0.15) is 19.3 Å². The van der Waals surface area contributed by atoms with Crippen LogP contribution in [-0.4, -0.2) is 36.1 Å². The van der Waals surface area contributed by atoms with Gasteiger partial charge in [-0.15, -0.1) is 3.89 Å². The molecule has 0 spiro atoms. The number of nitrogens with one attached hydrogen (secondary N) is 1. The van der Waals surface area contributed by atoms with E-state index in [2.05, 4.69) is 4.72 Å². The lowest BCUT2D eigenvalue weighted by molar-refractivity contribution is 0.107. The third-order valence-corrected chi connectivity index (χ3v) is 5.77. The minimum Gasteiger partial charge on any atom is -0.381 e. The van der Waals surface area contributed by atoms with E-state index in [1.165, 1.54) is 12.1 Å². The zero-order valence-electron chi connectivity index (χ0n) is 11.3. The van der Waals surface area contributed by atoms with E-state index in [0.717, 1.165) is 18.6 Å². The van der Waals surface area contributed by atoms with Gasteiger partial charge in [0, 0.05) is 13.2 Å². The van der Waals surface area contributed by atoms with Crippen molar-refractivity contribution < 1.29 is 25.5 Å². The molecule has 6 nitrogen and oxygen atoms in total. The van der Waals surface area contributed by atoms with Crippen molar-refractivity contribution >= 4 is 20.2 Å². The smallest absolute Gasteiger partial charge is 0.332 e. The molecule has 1 aromatic carbocycles. The topological polar surface area (TPSA) is 89.5 Å². The molecule has 0 radical (unpaired) electrons. The standard InChI is InChI=1S/C12H16FNO5S2/c1-19-10-6-5-9(7-10)14-21(17,18)12-4-2-3-11(8-12)20(13,15)16/h2-4,8-10,14H,5-7H2,1H3. The van der Waals surface area contributed by atoms with Crippen molar-refractivity contribution in [1.29, 1.82) is 0 Å². The Kier molecular flexibility index (Phi) is 4.66. The molecule has 1 aliphatic rings. The first-order valence-corrected chi connectivity index (χ1v) is 9.19. The highest BCUT2D eigenvalue weighted by atomic mass is 32.3. The van der Waals surface area contributed by atoms with Crippen molar-refractivity contribution in [2.75, 3.05) is 7.11 Å². The van der Waals surface area contributed by atoms with Crippen LogP contribution in [0.4, 0.5) is 3.89 Å². The van der Waals surface area contributed by atoms with Gasteiger partial charge >= 0.3 is 10.2 Å². The second-order valence-electron chi connectivity index (χ2n) is 4.90. The summed E-state index contributed by atoms with van der Waals surface area (Å²) in [5.74, 6) is 0. The van der Waals surface area contributed by atoms with E-state index in [9.17, 15) is 20.7 Å². The fourth-order valence-electron chi connectivity index (χ4n) is 2.34. The minimum atomic E-state index is -4.94. The van der Waals surface area contributed by atoms with Crippen molar-refractivity contribution in [3.63, 3.8) is 0 Å². The number of hydrogen-bond donors (Lipinski definition) is 1. The van der Waals surface area contributed by atoms with Crippen molar-refractivity contribution in [2.24, 2.45) is 0 Å². The number of halogens is 1. The molecule has 2 rings (SSSR count). The van der Waals surface area contributed by atoms with E-state index in [4.69, 9.17) is 4.74 Å². The molecule has 118 valence electrons. The summed E-state index contributed by atoms with van der Waals surface area (Å²) < 4.78 is 66.6. The third-order valence-electron chi connectivity index (χ3n) is 3.44. The summed E-state index contributed by atoms with van der Waals surface area (Å²) in [6, 6.07) is 3.95. The molecule has 1 N–H and O–H groups in total. The van der Waals surface area contributed by atoms with E-state index in [-0.39, 0.29) is 17.0 Å². The first-order chi connectivity index (χ1) is 9.72. The lowest BCUT2D eigenvalue weighted by Crippen LogP contribution is -2.33. The Bertz CT molecular complexity index is 717. The van der Waals surface area contributed by atoms with Gasteiger partial charge in [-0.05, 0) is 37.5 Å². The molecular weight excluding hydrogens is 321 g/mol. The van der Waals surface area contributed by atoms with Gasteiger partial charge in [-0.3, -0.25) is 0 Å². The monoisotopic (exact) mass is 337 g/mol. The molecule has 0 aliphatic heterocycles. The second-order valence-corrected chi connectivity index (χ2v) is 7.96. The van der Waals surface area contributed by atoms with Gasteiger partial charge in [0.05, 0.1) is 15.9 Å². The number of hydrogen-bond acceptors (Lipinski definition) is 5. The summed E-state index contributed by atoms with van der Waals surface area (Å²) in [6.07, 6.45) is 1.95. The Balaban J connectivity index is 2.21. The summed E-state index contributed by atoms with van der Waals surface area (Å²) >= 11 is 0. The van der Waals surface area contributed by atoms with E-state index >= 15 is 0 Å². The van der Waals surface area contributed by atoms with Gasteiger partial charge in [-0.25, -0.2) is 13.1 Å². The second kappa shape index (κ2) is 5.99. The first kappa shape index (κ1) is 16.3. The van der Waals surface area contributed by atoms with E-state index in [1.807, 2.05) is 0 Å². The fourth-order valence-corrected chi connectivity index (χ4v) is 4.25. The van der Waals surface area contributed by atoms with Crippen molar-refractivity contribution in [1.82, 2.24) is 4.72 Å². The molecule has 9 heteroatoms. The van der Waals surface area contributed by atoms with Crippen molar-refractivity contribution in [3.8, 4) is 0 Å². The van der Waals surface area contributed by atoms with Crippen LogP contribution in [0.3, 0.4) is 0 Å². The predicted octanol–water partition coefficient (Wildman–Crippen LogP) is 1.19. The van der Waals surface area contributed by atoms with E-state index in [0.29, 0.717) is 12.8 Å². The Morgan fingerprint density at radius 3 is 2.43 bits per heavy atom. The van der Waals surface area contributed by atoms with Crippen LogP contribution in [0.5, 0.6) is 0 Å². The maximum atomic E-state index is 12.9. The quantitative estimate of drug-likeness (QED) is 0.815. The molecule has 21 heavy (non-hydrogen) atoms. The lowest BCUT2D eigenvalue weighted by Gasteiger charge is -2.13. The fraction of sp³-hybridized carbons (Fsp3) is 0.500. The molecule has 2 unspecified atom stereocenters. The van der Waals surface area contributed by atoms with Crippen LogP contribution < -0.4 is 4.72 Å². The third kappa shape index (κ3) is 4.00. The molecule has 1 aromatic rings. The number of ether oxygens (including phenoxy) is 1. The molecule has 2 atom stereocenters. The summed E-state index contributed by atoms with van der Waals surface area (Å²) in [4.78, 5) is -0.950. The first-order valence-electron chi connectivity index (χ1n) is 6.32. The van der Waals surface area contributed by atoms with Gasteiger partial charge in [-0.2, -0.15) is 8.42 Å². The van der Waals surface area contributed by atoms with Gasteiger partial charge in [0.25, 0.3) is 0 Å². The summed E-state index contributed by atoms with van der Waals surface area (Å²) in [5, 5.41) is 0. The number of rotatable bonds is 5. The van der Waals surface area contributed by atoms with Crippen LogP contribution in [0.15, 0.2) is 34.1 Å². The van der Waals surface area contributed by atoms with Crippen molar-refractivity contribution in [2.45, 2.75) is 41.2 Å². The van der Waals surface area contributed by atoms with Crippen molar-refractivity contribution in [3.05, 3.63) is 24.3 Å². The Hall–Kier alpha value is -1.03. The number of methoxy groups -OCH3 is 1. The SMILES string of the molecule is COC1CCC(NS(=O)(=O)c2cccc(S(=O)(=O)F)c2)C1. The molecule has 0 bridgehead atoms. The van der Waals surface area contributed by atoms with Crippen LogP contribution in [-0.2, 0) is 25.0 Å². The molecule has 1 fully saturated rings. The van der Waals surface area contributed by atoms with Gasteiger partial charge in [-0.1, -0.05) is 6.07 Å². The molecule has 0 saturated heterocycles. The normalized spacial score (nSPS) is 23.3. The van der Waals surface area contributed by atoms with E-state index in [1.54, 1.807) is 7.11 Å². The molecule has 1 saturated carbocycles. The van der Waals surface area contributed by atoms with E-state index < -0.39 is 25.1 Å². The molecule has 0 heterocycles. The molecule has 0 aromatic heterocycles. The van der Waals surface area contributed by atoms with Gasteiger partial charge in [0.1, 0.15) is 0 Å². The van der Waals surface area contributed by atoms with Crippen LogP contribution in [0, 0.1) is 0 Å². The highest BCUT2D eigenvalue weighted by Gasteiger charge is 2.29. The Labute approximate surface area is 123 Å². The minimum absolute atomic E-state index is 0.00949. The Morgan fingerprint density at radius 2 is 1.86 bits per heavy atom. The highest BCUT2D eigenvalue weighted by Crippen LogP contribution is 2.24. The van der Waals surface area contributed by atoms with Gasteiger partial charge in [0.2, 0.25) is 10.0 Å². The zero-order chi connectivity index (χ0) is 15.7. The lowest BCUT2D eigenvalue weighted by atomic mass is 10.3. The van der Waals surface area contributed by atoms with Crippen LogP contribution >= 0.6 is 0 Å². The van der Waals surface area contributed by atoms with Crippen LogP contribution in [0.25, 0.3) is 0 Å². The van der Waals surface area contributed by atoms with Crippen LogP contribution in [0.2, 0.25) is 0 Å². The van der Waals surface area contributed by atoms with Gasteiger partial charge < -0.3 is 4.74 Å². The summed E-state index contributed by atoms with van der Waals surface area (Å²) in [6.45, 7) is 0. The largest absolute Gasteiger partial charge is 0.381 e. The Morgan fingerprint density at radius 1 is 1.19 bits per heavy atom. The summed E-state index contributed by atoms with van der Waals surface area (Å²) in [5.41, 5.74) is 0. The highest BCUT2D eigenvalue weighted by molar-refractivity contribution is 7.89. The predicted molar refractivity (Wildman–Crippen MR) is 73.5 cm³/mol. The average molecular weight is 337 g/mol. The molecular formula is C12H16FNO5S2. The zero-order valence-corrected chi connectivity index (χ0v) is 13.0. The maximum Gasteiger partial charge on any atom is 0.332 e. The summed E-state index contributed by atoms with van der Waals surface area (Å²) in [7, 11) is -7.27. The molecule has 0 amide bonds. The number of sulfonamides is 1. The molecule has 1 aliphatic carbocycles.